The topological polar surface area (TPSA) is 66.4 Å². The van der Waals surface area contributed by atoms with E-state index in [9.17, 15) is 13.5 Å². The first-order valence-corrected chi connectivity index (χ1v) is 8.82. The van der Waals surface area contributed by atoms with Gasteiger partial charge in [0.05, 0.1) is 17.1 Å². The maximum absolute atomic E-state index is 12.2. The third-order valence-electron chi connectivity index (χ3n) is 4.04. The number of rotatable bonds is 6. The van der Waals surface area contributed by atoms with Crippen LogP contribution in [-0.2, 0) is 9.84 Å². The summed E-state index contributed by atoms with van der Waals surface area (Å²) in [5, 5.41) is 12.8. The van der Waals surface area contributed by atoms with Crippen molar-refractivity contribution >= 4 is 9.84 Å². The number of hydrogen-bond acceptors (Lipinski definition) is 4. The summed E-state index contributed by atoms with van der Waals surface area (Å²) >= 11 is 0. The zero-order chi connectivity index (χ0) is 13.2. The van der Waals surface area contributed by atoms with E-state index in [0.717, 1.165) is 38.5 Å². The Morgan fingerprint density at radius 2 is 2.00 bits per heavy atom. The van der Waals surface area contributed by atoms with Gasteiger partial charge in [0.15, 0.2) is 9.84 Å². The van der Waals surface area contributed by atoms with Crippen LogP contribution in [0.2, 0.25) is 0 Å². The molecule has 2 fully saturated rings. The number of nitrogens with one attached hydrogen (secondary N) is 1. The lowest BCUT2D eigenvalue weighted by Crippen LogP contribution is -2.38. The van der Waals surface area contributed by atoms with Crippen LogP contribution >= 0.6 is 0 Å². The van der Waals surface area contributed by atoms with E-state index in [-0.39, 0.29) is 11.0 Å². The van der Waals surface area contributed by atoms with Crippen LogP contribution in [-0.4, -0.2) is 43.2 Å². The lowest BCUT2D eigenvalue weighted by molar-refractivity contribution is 0.192. The summed E-state index contributed by atoms with van der Waals surface area (Å²) in [6, 6.07) is 0.511. The summed E-state index contributed by atoms with van der Waals surface area (Å²) in [7, 11) is -3.13. The summed E-state index contributed by atoms with van der Waals surface area (Å²) in [6.07, 6.45) is 5.23. The van der Waals surface area contributed by atoms with Crippen LogP contribution < -0.4 is 5.32 Å². The van der Waals surface area contributed by atoms with Crippen LogP contribution in [0.1, 0.15) is 45.4 Å². The molecule has 4 nitrogen and oxygen atoms in total. The fourth-order valence-electron chi connectivity index (χ4n) is 2.76. The summed E-state index contributed by atoms with van der Waals surface area (Å²) in [4.78, 5) is 0. The first kappa shape index (κ1) is 14.3. The highest BCUT2D eigenvalue weighted by Gasteiger charge is 2.32. The van der Waals surface area contributed by atoms with Gasteiger partial charge in [0.25, 0.3) is 0 Å². The maximum atomic E-state index is 12.2. The Hall–Kier alpha value is -0.130. The second kappa shape index (κ2) is 5.88. The molecule has 3 atom stereocenters. The minimum absolute atomic E-state index is 0.0793. The maximum Gasteiger partial charge on any atom is 0.155 e. The van der Waals surface area contributed by atoms with Crippen molar-refractivity contribution in [2.75, 3.05) is 12.3 Å². The molecule has 0 aliphatic heterocycles. The van der Waals surface area contributed by atoms with Crippen molar-refractivity contribution in [2.45, 2.75) is 62.8 Å². The lowest BCUT2D eigenvalue weighted by atomic mass is 9.91. The summed E-state index contributed by atoms with van der Waals surface area (Å²) in [5.41, 5.74) is 0. The normalized spacial score (nSPS) is 31.2. The molecule has 0 aromatic rings. The minimum Gasteiger partial charge on any atom is -0.391 e. The largest absolute Gasteiger partial charge is 0.391 e. The van der Waals surface area contributed by atoms with Gasteiger partial charge in [-0.15, -0.1) is 0 Å². The summed E-state index contributed by atoms with van der Waals surface area (Å²) < 4.78 is 24.4. The van der Waals surface area contributed by atoms with Crippen LogP contribution in [0.5, 0.6) is 0 Å². The van der Waals surface area contributed by atoms with Gasteiger partial charge in [-0.2, -0.15) is 0 Å². The second-order valence-electron chi connectivity index (χ2n) is 6.06. The number of aliphatic hydroxyl groups is 1. The van der Waals surface area contributed by atoms with E-state index >= 15 is 0 Å². The molecule has 2 rings (SSSR count). The monoisotopic (exact) mass is 275 g/mol. The molecular weight excluding hydrogens is 250 g/mol. The molecule has 0 aromatic heterocycles. The molecule has 0 spiro atoms. The molecule has 0 radical (unpaired) electrons. The highest BCUT2D eigenvalue weighted by molar-refractivity contribution is 7.92. The van der Waals surface area contributed by atoms with Crippen LogP contribution in [0.3, 0.4) is 0 Å². The zero-order valence-electron chi connectivity index (χ0n) is 11.1. The first-order valence-electron chi connectivity index (χ1n) is 7.10. The van der Waals surface area contributed by atoms with Gasteiger partial charge >= 0.3 is 0 Å². The molecule has 0 saturated heterocycles. The molecule has 106 valence electrons. The quantitative estimate of drug-likeness (QED) is 0.761. The first-order chi connectivity index (χ1) is 8.47. The van der Waals surface area contributed by atoms with E-state index in [1.165, 1.54) is 0 Å². The second-order valence-corrected chi connectivity index (χ2v) is 8.39. The molecule has 3 unspecified atom stereocenters. The van der Waals surface area contributed by atoms with Crippen molar-refractivity contribution in [3.63, 3.8) is 0 Å². The zero-order valence-corrected chi connectivity index (χ0v) is 12.0. The van der Waals surface area contributed by atoms with Crippen molar-refractivity contribution in [2.24, 2.45) is 5.92 Å². The van der Waals surface area contributed by atoms with Gasteiger partial charge in [-0.3, -0.25) is 0 Å². The highest BCUT2D eigenvalue weighted by atomic mass is 32.2. The van der Waals surface area contributed by atoms with Crippen LogP contribution in [0, 0.1) is 5.92 Å². The molecule has 5 heteroatoms. The minimum atomic E-state index is -3.13. The van der Waals surface area contributed by atoms with Gasteiger partial charge in [0.2, 0.25) is 0 Å². The van der Waals surface area contributed by atoms with Gasteiger partial charge in [-0.25, -0.2) is 8.42 Å². The standard InChI is InChI=1S/C13H25NO3S/c1-10-3-2-4-13(7-10)18(16,17)9-12(15)8-14-11-5-6-11/h10-15H,2-9H2,1H3. The van der Waals surface area contributed by atoms with Crippen molar-refractivity contribution in [3.8, 4) is 0 Å². The van der Waals surface area contributed by atoms with Gasteiger partial charge < -0.3 is 10.4 Å². The molecule has 18 heavy (non-hydrogen) atoms. The Bertz CT molecular complexity index is 364. The Kier molecular flexibility index (Phi) is 4.67. The molecule has 0 amide bonds. The Morgan fingerprint density at radius 1 is 1.28 bits per heavy atom. The van der Waals surface area contributed by atoms with E-state index in [1.807, 2.05) is 0 Å². The van der Waals surface area contributed by atoms with Crippen molar-refractivity contribution < 1.29 is 13.5 Å². The van der Waals surface area contributed by atoms with E-state index in [1.54, 1.807) is 0 Å². The van der Waals surface area contributed by atoms with Crippen LogP contribution in [0.25, 0.3) is 0 Å². The van der Waals surface area contributed by atoms with Crippen molar-refractivity contribution in [1.29, 1.82) is 0 Å². The Balaban J connectivity index is 1.80. The predicted molar refractivity (Wildman–Crippen MR) is 72.2 cm³/mol. The molecule has 0 heterocycles. The Labute approximate surface area is 110 Å². The molecule has 2 aliphatic rings. The lowest BCUT2D eigenvalue weighted by Gasteiger charge is -2.27. The van der Waals surface area contributed by atoms with Gasteiger partial charge in [0.1, 0.15) is 0 Å². The van der Waals surface area contributed by atoms with Crippen molar-refractivity contribution in [1.82, 2.24) is 5.32 Å². The highest BCUT2D eigenvalue weighted by Crippen LogP contribution is 2.29. The average Bonchev–Trinajstić information content (AvgIpc) is 3.09. The van der Waals surface area contributed by atoms with Crippen LogP contribution in [0.15, 0.2) is 0 Å². The fourth-order valence-corrected chi connectivity index (χ4v) is 4.83. The van der Waals surface area contributed by atoms with E-state index in [0.29, 0.717) is 18.5 Å². The van der Waals surface area contributed by atoms with E-state index in [4.69, 9.17) is 0 Å². The number of hydrogen-bond donors (Lipinski definition) is 2. The van der Waals surface area contributed by atoms with E-state index < -0.39 is 15.9 Å². The van der Waals surface area contributed by atoms with E-state index in [2.05, 4.69) is 12.2 Å². The average molecular weight is 275 g/mol. The third kappa shape index (κ3) is 4.21. The van der Waals surface area contributed by atoms with Gasteiger partial charge in [-0.05, 0) is 31.6 Å². The predicted octanol–water partition coefficient (Wildman–Crippen LogP) is 1.09. The number of sulfone groups is 1. The molecule has 0 aromatic carbocycles. The SMILES string of the molecule is CC1CCCC(S(=O)(=O)CC(O)CNC2CC2)C1. The Morgan fingerprint density at radius 3 is 2.61 bits per heavy atom. The molecule has 0 bridgehead atoms. The van der Waals surface area contributed by atoms with Crippen LogP contribution in [0.4, 0.5) is 0 Å². The molecular formula is C13H25NO3S. The molecule has 2 N–H and O–H groups in total. The van der Waals surface area contributed by atoms with Crippen molar-refractivity contribution in [3.05, 3.63) is 0 Å². The third-order valence-corrected chi connectivity index (χ3v) is 6.33. The summed E-state index contributed by atoms with van der Waals surface area (Å²) in [6.45, 7) is 2.53. The molecule has 2 saturated carbocycles. The molecule has 2 aliphatic carbocycles. The van der Waals surface area contributed by atoms with Gasteiger partial charge in [-0.1, -0.05) is 19.8 Å². The summed E-state index contributed by atoms with van der Waals surface area (Å²) in [5.74, 6) is 0.421. The smallest absolute Gasteiger partial charge is 0.155 e. The van der Waals surface area contributed by atoms with Gasteiger partial charge in [0, 0.05) is 12.6 Å². The fraction of sp³-hybridized carbons (Fsp3) is 1.00. The number of aliphatic hydroxyl groups excluding tert-OH is 1.